The van der Waals surface area contributed by atoms with Crippen LogP contribution in [0.1, 0.15) is 431 Å². The van der Waals surface area contributed by atoms with Crippen LogP contribution >= 0.6 is 0 Å². The van der Waals surface area contributed by atoms with Crippen molar-refractivity contribution in [3.8, 4) is 0 Å². The highest BCUT2D eigenvalue weighted by molar-refractivity contribution is 5.76. The fourth-order valence-corrected chi connectivity index (χ4v) is 12.2. The van der Waals surface area contributed by atoms with Crippen molar-refractivity contribution in [2.75, 3.05) is 13.2 Å². The van der Waals surface area contributed by atoms with Crippen molar-refractivity contribution < 1.29 is 24.5 Å². The smallest absolute Gasteiger partial charge is 0.305 e. The van der Waals surface area contributed by atoms with Gasteiger partial charge >= 0.3 is 5.97 Å². The molecule has 2 atom stereocenters. The topological polar surface area (TPSA) is 95.9 Å². The number of carbonyl (C=O) groups is 2. The number of ether oxygens (including phenoxy) is 1. The third-order valence-corrected chi connectivity index (χ3v) is 18.0. The summed E-state index contributed by atoms with van der Waals surface area (Å²) in [6.07, 6.45) is 92.8. The maximum atomic E-state index is 12.6. The molecular formula is C77H149NO5. The molecule has 83 heavy (non-hydrogen) atoms. The molecule has 6 nitrogen and oxygen atoms in total. The highest BCUT2D eigenvalue weighted by Crippen LogP contribution is 2.20. The summed E-state index contributed by atoms with van der Waals surface area (Å²) in [5.41, 5.74) is 0. The van der Waals surface area contributed by atoms with Crippen molar-refractivity contribution >= 4 is 11.9 Å². The normalized spacial score (nSPS) is 12.6. The molecule has 6 heteroatoms. The highest BCUT2D eigenvalue weighted by atomic mass is 16.5. The monoisotopic (exact) mass is 1170 g/mol. The van der Waals surface area contributed by atoms with Crippen LogP contribution in [0, 0.1) is 0 Å². The lowest BCUT2D eigenvalue weighted by atomic mass is 10.0. The summed E-state index contributed by atoms with van der Waals surface area (Å²) in [6.45, 7) is 4.94. The molecule has 1 amide bonds. The summed E-state index contributed by atoms with van der Waals surface area (Å²) in [7, 11) is 0. The number of aliphatic hydroxyl groups excluding tert-OH is 2. The first-order chi connectivity index (χ1) is 41.0. The molecule has 0 rings (SSSR count). The van der Waals surface area contributed by atoms with Crippen LogP contribution in [0.2, 0.25) is 0 Å². The van der Waals surface area contributed by atoms with Gasteiger partial charge in [-0.15, -0.1) is 0 Å². The quantitative estimate of drug-likeness (QED) is 0.0320. The number of aliphatic hydroxyl groups is 2. The molecular weight excluding hydrogens is 1020 g/mol. The summed E-state index contributed by atoms with van der Waals surface area (Å²) in [5.74, 6) is -0.0506. The van der Waals surface area contributed by atoms with E-state index in [1.807, 2.05) is 6.08 Å². The number of hydrogen-bond acceptors (Lipinski definition) is 5. The van der Waals surface area contributed by atoms with Crippen LogP contribution in [-0.4, -0.2) is 47.4 Å². The minimum atomic E-state index is -0.844. The van der Waals surface area contributed by atoms with Crippen LogP contribution in [0.5, 0.6) is 0 Å². The first kappa shape index (κ1) is 81.3. The van der Waals surface area contributed by atoms with Gasteiger partial charge in [0.05, 0.1) is 25.4 Å². The number of allylic oxidation sites excluding steroid dienone is 3. The highest BCUT2D eigenvalue weighted by Gasteiger charge is 2.18. The number of nitrogens with one attached hydrogen (secondary N) is 1. The van der Waals surface area contributed by atoms with E-state index in [4.69, 9.17) is 4.74 Å². The predicted octanol–water partition coefficient (Wildman–Crippen LogP) is 24.9. The Hall–Kier alpha value is -1.66. The Kier molecular flexibility index (Phi) is 71.4. The van der Waals surface area contributed by atoms with E-state index in [0.29, 0.717) is 19.4 Å². The van der Waals surface area contributed by atoms with E-state index in [1.54, 1.807) is 6.08 Å². The lowest BCUT2D eigenvalue weighted by molar-refractivity contribution is -0.143. The first-order valence-electron chi connectivity index (χ1n) is 38.1. The van der Waals surface area contributed by atoms with Crippen LogP contribution in [0.15, 0.2) is 24.3 Å². The van der Waals surface area contributed by atoms with Gasteiger partial charge in [0, 0.05) is 12.8 Å². The summed E-state index contributed by atoms with van der Waals surface area (Å²) in [6, 6.07) is -0.628. The Morgan fingerprint density at radius 2 is 0.566 bits per heavy atom. The fourth-order valence-electron chi connectivity index (χ4n) is 12.2. The Morgan fingerprint density at radius 1 is 0.325 bits per heavy atom. The Labute approximate surface area is 520 Å². The van der Waals surface area contributed by atoms with Crippen LogP contribution in [0.25, 0.3) is 0 Å². The minimum Gasteiger partial charge on any atom is -0.466 e. The van der Waals surface area contributed by atoms with Crippen molar-refractivity contribution in [3.63, 3.8) is 0 Å². The SMILES string of the molecule is CCCCCCCC/C=C\CCCCCCCC(=O)OCCCCCCCCCCCCCCCCCCCCCCCCCCCCC(=O)NC(CO)C(O)/C=C/CCCCCCCCCCCCCCCCCCCCCCCCC. The maximum absolute atomic E-state index is 12.6. The molecule has 0 saturated heterocycles. The van der Waals surface area contributed by atoms with Crippen molar-refractivity contribution in [1.82, 2.24) is 5.32 Å². The molecule has 492 valence electrons. The average molecular weight is 1170 g/mol. The maximum Gasteiger partial charge on any atom is 0.305 e. The molecule has 0 saturated carbocycles. The van der Waals surface area contributed by atoms with Crippen LogP contribution in [0.3, 0.4) is 0 Å². The number of unbranched alkanes of at least 4 members (excludes halogenated alkanes) is 59. The van der Waals surface area contributed by atoms with E-state index < -0.39 is 12.1 Å². The molecule has 0 aromatic heterocycles. The summed E-state index contributed by atoms with van der Waals surface area (Å²) in [5, 5.41) is 23.3. The number of hydrogen-bond donors (Lipinski definition) is 3. The largest absolute Gasteiger partial charge is 0.466 e. The van der Waals surface area contributed by atoms with Crippen LogP contribution in [0.4, 0.5) is 0 Å². The summed E-state index contributed by atoms with van der Waals surface area (Å²) >= 11 is 0. The molecule has 0 aliphatic carbocycles. The molecule has 0 aliphatic heterocycles. The molecule has 0 aromatic rings. The van der Waals surface area contributed by atoms with Gasteiger partial charge in [0.1, 0.15) is 0 Å². The predicted molar refractivity (Wildman–Crippen MR) is 366 cm³/mol. The number of amides is 1. The lowest BCUT2D eigenvalue weighted by Gasteiger charge is -2.20. The zero-order chi connectivity index (χ0) is 59.9. The Morgan fingerprint density at radius 3 is 0.855 bits per heavy atom. The number of rotatable bonds is 72. The lowest BCUT2D eigenvalue weighted by Crippen LogP contribution is -2.45. The van der Waals surface area contributed by atoms with Gasteiger partial charge in [0.25, 0.3) is 0 Å². The van der Waals surface area contributed by atoms with Crippen molar-refractivity contribution in [3.05, 3.63) is 24.3 Å². The molecule has 3 N–H and O–H groups in total. The zero-order valence-corrected chi connectivity index (χ0v) is 56.5. The first-order valence-corrected chi connectivity index (χ1v) is 38.1. The van der Waals surface area contributed by atoms with Gasteiger partial charge in [0.2, 0.25) is 5.91 Å². The Bertz CT molecular complexity index is 1300. The number of carbonyl (C=O) groups excluding carboxylic acids is 2. The van der Waals surface area contributed by atoms with Crippen LogP contribution < -0.4 is 5.32 Å². The van der Waals surface area contributed by atoms with E-state index in [2.05, 4.69) is 31.3 Å². The van der Waals surface area contributed by atoms with E-state index in [1.165, 1.54) is 360 Å². The summed E-state index contributed by atoms with van der Waals surface area (Å²) in [4.78, 5) is 24.6. The van der Waals surface area contributed by atoms with Gasteiger partial charge in [-0.1, -0.05) is 385 Å². The molecule has 0 aliphatic rings. The molecule has 0 spiro atoms. The second-order valence-electron chi connectivity index (χ2n) is 26.3. The van der Waals surface area contributed by atoms with Crippen LogP contribution in [-0.2, 0) is 14.3 Å². The van der Waals surface area contributed by atoms with E-state index in [0.717, 1.165) is 44.9 Å². The second kappa shape index (κ2) is 72.8. The Balaban J connectivity index is 3.38. The fraction of sp³-hybridized carbons (Fsp3) is 0.922. The van der Waals surface area contributed by atoms with Gasteiger partial charge < -0.3 is 20.3 Å². The molecule has 0 radical (unpaired) electrons. The molecule has 2 unspecified atom stereocenters. The molecule has 0 heterocycles. The van der Waals surface area contributed by atoms with Gasteiger partial charge in [-0.05, 0) is 57.8 Å². The third kappa shape index (κ3) is 69.3. The van der Waals surface area contributed by atoms with Crippen molar-refractivity contribution in [2.45, 2.75) is 443 Å². The van der Waals surface area contributed by atoms with Gasteiger partial charge in [-0.25, -0.2) is 0 Å². The van der Waals surface area contributed by atoms with Gasteiger partial charge in [0.15, 0.2) is 0 Å². The van der Waals surface area contributed by atoms with Gasteiger partial charge in [-0.3, -0.25) is 9.59 Å². The zero-order valence-electron chi connectivity index (χ0n) is 56.5. The van der Waals surface area contributed by atoms with Crippen molar-refractivity contribution in [1.29, 1.82) is 0 Å². The second-order valence-corrected chi connectivity index (χ2v) is 26.3. The van der Waals surface area contributed by atoms with E-state index in [9.17, 15) is 19.8 Å². The standard InChI is InChI=1S/C77H149NO5/c1-3-5-7-9-11-13-15-17-19-20-21-22-23-26-29-32-35-38-42-45-49-53-57-61-65-69-75(80)74(73-79)78-76(81)70-66-62-58-54-50-46-43-39-36-33-30-27-24-25-28-31-34-37-40-44-48-52-56-60-64-68-72-83-77(82)71-67-63-59-55-51-47-41-18-16-14-12-10-8-6-4-2/h18,41,65,69,74-75,79-80H,3-17,19-40,42-64,66-68,70-73H2,1-2H3,(H,78,81)/b41-18-,69-65+. The van der Waals surface area contributed by atoms with E-state index in [-0.39, 0.29) is 18.5 Å². The van der Waals surface area contributed by atoms with E-state index >= 15 is 0 Å². The molecule has 0 bridgehead atoms. The third-order valence-electron chi connectivity index (χ3n) is 18.0. The summed E-state index contributed by atoms with van der Waals surface area (Å²) < 4.78 is 5.50. The molecule has 0 aromatic carbocycles. The number of esters is 1. The average Bonchev–Trinajstić information content (AvgIpc) is 3.49. The minimum absolute atomic E-state index is 0.00996. The van der Waals surface area contributed by atoms with Gasteiger partial charge in [-0.2, -0.15) is 0 Å². The van der Waals surface area contributed by atoms with Crippen molar-refractivity contribution in [2.24, 2.45) is 0 Å². The molecule has 0 fully saturated rings.